The molecule has 2 fully saturated rings. The molecule has 126 valence electrons. The summed E-state index contributed by atoms with van der Waals surface area (Å²) >= 11 is 0. The van der Waals surface area contributed by atoms with Gasteiger partial charge >= 0.3 is 0 Å². The first-order chi connectivity index (χ1) is 11.0. The average Bonchev–Trinajstić information content (AvgIpc) is 2.96. The van der Waals surface area contributed by atoms with Crippen molar-refractivity contribution < 1.29 is 9.18 Å². The van der Waals surface area contributed by atoms with Crippen LogP contribution < -0.4 is 5.32 Å². The Morgan fingerprint density at radius 1 is 1.30 bits per heavy atom. The molecule has 0 aliphatic carbocycles. The number of rotatable bonds is 3. The minimum atomic E-state index is -0.309. The number of benzene rings is 1. The smallest absolute Gasteiger partial charge is 0.254 e. The molecule has 3 rings (SSSR count). The van der Waals surface area contributed by atoms with Gasteiger partial charge in [-0.25, -0.2) is 4.39 Å². The molecule has 5 heteroatoms. The molecule has 1 N–H and O–H groups in total. The summed E-state index contributed by atoms with van der Waals surface area (Å²) in [6.45, 7) is 10.5. The third kappa shape index (κ3) is 3.72. The molecule has 0 spiro atoms. The van der Waals surface area contributed by atoms with E-state index in [1.165, 1.54) is 12.5 Å². The summed E-state index contributed by atoms with van der Waals surface area (Å²) in [5.74, 6) is -0.367. The monoisotopic (exact) mass is 319 g/mol. The highest BCUT2D eigenvalue weighted by Gasteiger charge is 2.32. The third-order valence-electron chi connectivity index (χ3n) is 5.14. The summed E-state index contributed by atoms with van der Waals surface area (Å²) in [5.41, 5.74) is 1.38. The molecule has 23 heavy (non-hydrogen) atoms. The maximum Gasteiger partial charge on any atom is 0.254 e. The third-order valence-corrected chi connectivity index (χ3v) is 5.14. The van der Waals surface area contributed by atoms with Crippen molar-refractivity contribution in [2.75, 3.05) is 45.8 Å². The lowest BCUT2D eigenvalue weighted by Gasteiger charge is -2.38. The zero-order valence-corrected chi connectivity index (χ0v) is 14.1. The summed E-state index contributed by atoms with van der Waals surface area (Å²) in [5, 5.41) is 3.43. The highest BCUT2D eigenvalue weighted by molar-refractivity contribution is 5.94. The molecule has 1 unspecified atom stereocenters. The molecule has 1 amide bonds. The van der Waals surface area contributed by atoms with E-state index in [4.69, 9.17) is 0 Å². The van der Waals surface area contributed by atoms with Gasteiger partial charge in [0, 0.05) is 44.8 Å². The lowest BCUT2D eigenvalue weighted by Crippen LogP contribution is -2.51. The Hall–Kier alpha value is -1.46. The Kier molecular flexibility index (Phi) is 4.69. The number of hydrogen-bond acceptors (Lipinski definition) is 3. The van der Waals surface area contributed by atoms with E-state index in [1.54, 1.807) is 19.1 Å². The number of nitrogens with zero attached hydrogens (tertiary/aromatic N) is 2. The molecule has 2 heterocycles. The van der Waals surface area contributed by atoms with Crippen LogP contribution in [0.15, 0.2) is 18.2 Å². The van der Waals surface area contributed by atoms with Gasteiger partial charge in [-0.15, -0.1) is 0 Å². The van der Waals surface area contributed by atoms with Crippen molar-refractivity contribution in [1.82, 2.24) is 15.1 Å². The summed E-state index contributed by atoms with van der Waals surface area (Å²) in [4.78, 5) is 16.8. The van der Waals surface area contributed by atoms with E-state index in [0.29, 0.717) is 16.5 Å². The van der Waals surface area contributed by atoms with E-state index in [9.17, 15) is 9.18 Å². The Balaban J connectivity index is 1.55. The lowest BCUT2D eigenvalue weighted by molar-refractivity contribution is 0.0581. The number of hydrogen-bond donors (Lipinski definition) is 1. The van der Waals surface area contributed by atoms with Gasteiger partial charge in [0.05, 0.1) is 0 Å². The molecule has 0 radical (unpaired) electrons. The molecule has 2 aliphatic rings. The number of carbonyl (C=O) groups is 1. The predicted octanol–water partition coefficient (Wildman–Crippen LogP) is 1.89. The van der Waals surface area contributed by atoms with Gasteiger partial charge in [-0.3, -0.25) is 9.69 Å². The Labute approximate surface area is 137 Å². The first-order valence-electron chi connectivity index (χ1n) is 8.45. The molecule has 4 nitrogen and oxygen atoms in total. The van der Waals surface area contributed by atoms with Crippen molar-refractivity contribution in [2.45, 2.75) is 20.3 Å². The van der Waals surface area contributed by atoms with E-state index in [2.05, 4.69) is 17.1 Å². The van der Waals surface area contributed by atoms with Crippen LogP contribution in [0, 0.1) is 18.2 Å². The fourth-order valence-corrected chi connectivity index (χ4v) is 3.56. The molecule has 0 aromatic heterocycles. The molecule has 1 aromatic rings. The Morgan fingerprint density at radius 3 is 2.65 bits per heavy atom. The van der Waals surface area contributed by atoms with Crippen molar-refractivity contribution in [2.24, 2.45) is 5.41 Å². The number of amides is 1. The summed E-state index contributed by atoms with van der Waals surface area (Å²) in [6, 6.07) is 4.75. The summed E-state index contributed by atoms with van der Waals surface area (Å²) in [7, 11) is 0. The van der Waals surface area contributed by atoms with Crippen LogP contribution in [0.1, 0.15) is 29.3 Å². The first kappa shape index (κ1) is 16.4. The number of piperazine rings is 1. The van der Waals surface area contributed by atoms with Crippen LogP contribution in [-0.2, 0) is 0 Å². The van der Waals surface area contributed by atoms with Gasteiger partial charge in [0.1, 0.15) is 5.82 Å². The van der Waals surface area contributed by atoms with Gasteiger partial charge < -0.3 is 10.2 Å². The number of nitrogens with one attached hydrogen (secondary N) is 1. The lowest BCUT2D eigenvalue weighted by atomic mass is 9.89. The second-order valence-electron chi connectivity index (χ2n) is 7.27. The fraction of sp³-hybridized carbons (Fsp3) is 0.611. The van der Waals surface area contributed by atoms with Crippen LogP contribution in [0.2, 0.25) is 0 Å². The Morgan fingerprint density at radius 2 is 2.04 bits per heavy atom. The van der Waals surface area contributed by atoms with Crippen molar-refractivity contribution in [3.05, 3.63) is 35.1 Å². The second-order valence-corrected chi connectivity index (χ2v) is 7.27. The van der Waals surface area contributed by atoms with Crippen LogP contribution >= 0.6 is 0 Å². The highest BCUT2D eigenvalue weighted by Crippen LogP contribution is 2.26. The highest BCUT2D eigenvalue weighted by atomic mass is 19.1. The zero-order chi connectivity index (χ0) is 16.4. The van der Waals surface area contributed by atoms with Gasteiger partial charge in [0.15, 0.2) is 0 Å². The predicted molar refractivity (Wildman–Crippen MR) is 89.1 cm³/mol. The SMILES string of the molecule is Cc1ccc(C(=O)N2CCN(CC3(C)CCNC3)CC2)cc1F. The first-order valence-corrected chi connectivity index (χ1v) is 8.45. The molecular formula is C18H26FN3O. The number of halogens is 1. The van der Waals surface area contributed by atoms with Gasteiger partial charge in [-0.05, 0) is 43.0 Å². The number of carbonyl (C=O) groups excluding carboxylic acids is 1. The van der Waals surface area contributed by atoms with Gasteiger partial charge in [-0.2, -0.15) is 0 Å². The molecule has 2 saturated heterocycles. The van der Waals surface area contributed by atoms with Crippen LogP contribution in [0.5, 0.6) is 0 Å². The molecule has 0 bridgehead atoms. The van der Waals surface area contributed by atoms with Crippen molar-refractivity contribution in [1.29, 1.82) is 0 Å². The minimum Gasteiger partial charge on any atom is -0.336 e. The number of aryl methyl sites for hydroxylation is 1. The van der Waals surface area contributed by atoms with E-state index in [1.807, 2.05) is 4.90 Å². The fourth-order valence-electron chi connectivity index (χ4n) is 3.56. The topological polar surface area (TPSA) is 35.6 Å². The molecule has 1 aromatic carbocycles. The largest absolute Gasteiger partial charge is 0.336 e. The van der Waals surface area contributed by atoms with Crippen molar-refractivity contribution >= 4 is 5.91 Å². The van der Waals surface area contributed by atoms with E-state index >= 15 is 0 Å². The molecule has 2 aliphatic heterocycles. The van der Waals surface area contributed by atoms with Gasteiger partial charge in [0.25, 0.3) is 5.91 Å². The molecule has 0 saturated carbocycles. The minimum absolute atomic E-state index is 0.0581. The van der Waals surface area contributed by atoms with Crippen LogP contribution in [0.25, 0.3) is 0 Å². The average molecular weight is 319 g/mol. The molecular weight excluding hydrogens is 293 g/mol. The Bertz CT molecular complexity index is 576. The second kappa shape index (κ2) is 6.57. The van der Waals surface area contributed by atoms with E-state index in [0.717, 1.165) is 45.8 Å². The maximum atomic E-state index is 13.7. The maximum absolute atomic E-state index is 13.7. The van der Waals surface area contributed by atoms with Gasteiger partial charge in [-0.1, -0.05) is 13.0 Å². The van der Waals surface area contributed by atoms with Gasteiger partial charge in [0.2, 0.25) is 0 Å². The van der Waals surface area contributed by atoms with Crippen LogP contribution in [-0.4, -0.2) is 61.5 Å². The zero-order valence-electron chi connectivity index (χ0n) is 14.1. The van der Waals surface area contributed by atoms with Crippen LogP contribution in [0.4, 0.5) is 4.39 Å². The summed E-state index contributed by atoms with van der Waals surface area (Å²) < 4.78 is 13.7. The summed E-state index contributed by atoms with van der Waals surface area (Å²) in [6.07, 6.45) is 1.22. The van der Waals surface area contributed by atoms with E-state index in [-0.39, 0.29) is 11.7 Å². The van der Waals surface area contributed by atoms with Crippen molar-refractivity contribution in [3.8, 4) is 0 Å². The quantitative estimate of drug-likeness (QED) is 0.924. The molecule has 1 atom stereocenters. The normalized spacial score (nSPS) is 25.8. The van der Waals surface area contributed by atoms with Crippen LogP contribution in [0.3, 0.4) is 0 Å². The van der Waals surface area contributed by atoms with Crippen molar-refractivity contribution in [3.63, 3.8) is 0 Å². The standard InChI is InChI=1S/C18H26FN3O/c1-14-3-4-15(11-16(14)19)17(23)22-9-7-21(8-10-22)13-18(2)5-6-20-12-18/h3-4,11,20H,5-10,12-13H2,1-2H3. The van der Waals surface area contributed by atoms with E-state index < -0.39 is 0 Å².